The fraction of sp³-hybridized carbons (Fsp3) is 0.474. The smallest absolute Gasteiger partial charge is 0.254 e. The summed E-state index contributed by atoms with van der Waals surface area (Å²) in [4.78, 5) is 33.5. The number of carbonyl (C=O) groups excluding carboxylic acids is 2. The first-order valence-electron chi connectivity index (χ1n) is 16.3. The van der Waals surface area contributed by atoms with Crippen LogP contribution in [0.4, 0.5) is 0 Å². The molecule has 3 aromatic carbocycles. The Morgan fingerprint density at radius 3 is 1.95 bits per heavy atom. The van der Waals surface area contributed by atoms with Gasteiger partial charge in [-0.25, -0.2) is 0 Å². The van der Waals surface area contributed by atoms with Crippen LogP contribution >= 0.6 is 0 Å². The van der Waals surface area contributed by atoms with Crippen LogP contribution in [0.5, 0.6) is 0 Å². The van der Waals surface area contributed by atoms with E-state index in [4.69, 9.17) is 0 Å². The van der Waals surface area contributed by atoms with Crippen molar-refractivity contribution in [2.75, 3.05) is 26.7 Å². The van der Waals surface area contributed by atoms with E-state index in [9.17, 15) is 9.59 Å². The minimum absolute atomic E-state index is 0.00358. The van der Waals surface area contributed by atoms with Gasteiger partial charge in [0.05, 0.1) is 0 Å². The number of hydrogen-bond acceptors (Lipinski definition) is 3. The number of amides is 2. The fourth-order valence-electron chi connectivity index (χ4n) is 5.92. The van der Waals surface area contributed by atoms with Crippen molar-refractivity contribution in [1.29, 1.82) is 0 Å². The van der Waals surface area contributed by atoms with Crippen molar-refractivity contribution in [2.45, 2.75) is 84.8 Å². The Bertz CT molecular complexity index is 1260. The topological polar surface area (TPSA) is 43.9 Å². The standard InChI is InChI=1S/C38H51N3O2/c1-5-6-8-11-31-14-18-35(19-15-31)38(43)41(36-23-26-40(27-24-36)25-22-30(2)3)29-33-16-20-34(21-17-33)37(42)39(4)28-32-12-9-7-10-13-32/h7,9-10,12-21,30,36H,5-6,8,11,22-29H2,1-4H3. The number of likely N-dealkylation sites (tertiary alicyclic amines) is 1. The maximum atomic E-state index is 14.0. The highest BCUT2D eigenvalue weighted by Crippen LogP contribution is 2.23. The molecule has 1 aliphatic heterocycles. The van der Waals surface area contributed by atoms with Gasteiger partial charge in [-0.15, -0.1) is 0 Å². The second-order valence-corrected chi connectivity index (χ2v) is 12.7. The number of nitrogens with zero attached hydrogens (tertiary/aromatic N) is 3. The van der Waals surface area contributed by atoms with Crippen LogP contribution in [0, 0.1) is 5.92 Å². The van der Waals surface area contributed by atoms with Crippen molar-refractivity contribution < 1.29 is 9.59 Å². The summed E-state index contributed by atoms with van der Waals surface area (Å²) in [6.45, 7) is 11.1. The highest BCUT2D eigenvalue weighted by atomic mass is 16.2. The van der Waals surface area contributed by atoms with E-state index in [1.165, 1.54) is 31.2 Å². The molecule has 1 fully saturated rings. The first-order valence-corrected chi connectivity index (χ1v) is 16.3. The first kappa shape index (κ1) is 32.5. The number of hydrogen-bond donors (Lipinski definition) is 0. The van der Waals surface area contributed by atoms with E-state index < -0.39 is 0 Å². The molecular weight excluding hydrogens is 530 g/mol. The lowest BCUT2D eigenvalue weighted by Crippen LogP contribution is -2.47. The van der Waals surface area contributed by atoms with E-state index in [1.807, 2.05) is 73.8 Å². The van der Waals surface area contributed by atoms with E-state index in [0.29, 0.717) is 24.6 Å². The summed E-state index contributed by atoms with van der Waals surface area (Å²) in [6.07, 6.45) is 7.88. The zero-order valence-corrected chi connectivity index (χ0v) is 26.8. The number of benzene rings is 3. The van der Waals surface area contributed by atoms with Crippen molar-refractivity contribution in [3.05, 3.63) is 107 Å². The fourth-order valence-corrected chi connectivity index (χ4v) is 5.92. The lowest BCUT2D eigenvalue weighted by atomic mass is 9.99. The molecule has 0 spiro atoms. The largest absolute Gasteiger partial charge is 0.337 e. The molecule has 5 heteroatoms. The molecule has 0 radical (unpaired) electrons. The van der Waals surface area contributed by atoms with E-state index in [-0.39, 0.29) is 17.9 Å². The molecule has 230 valence electrons. The Labute approximate surface area is 259 Å². The van der Waals surface area contributed by atoms with Crippen LogP contribution in [0.1, 0.15) is 96.7 Å². The number of unbranched alkanes of at least 4 members (excludes halogenated alkanes) is 2. The third-order valence-electron chi connectivity index (χ3n) is 8.71. The zero-order valence-electron chi connectivity index (χ0n) is 26.8. The van der Waals surface area contributed by atoms with Gasteiger partial charge < -0.3 is 14.7 Å². The van der Waals surface area contributed by atoms with Crippen molar-refractivity contribution in [3.63, 3.8) is 0 Å². The molecular formula is C38H51N3O2. The molecule has 0 aliphatic carbocycles. The summed E-state index contributed by atoms with van der Waals surface area (Å²) in [7, 11) is 1.84. The Morgan fingerprint density at radius 1 is 0.767 bits per heavy atom. The SMILES string of the molecule is CCCCCc1ccc(C(=O)N(Cc2ccc(C(=O)N(C)Cc3ccccc3)cc2)C2CCN(CCC(C)C)CC2)cc1. The molecule has 2 amide bonds. The maximum absolute atomic E-state index is 14.0. The number of aryl methyl sites for hydroxylation is 1. The molecule has 1 saturated heterocycles. The van der Waals surface area contributed by atoms with Crippen LogP contribution in [-0.2, 0) is 19.5 Å². The Hall–Kier alpha value is -3.44. The predicted octanol–water partition coefficient (Wildman–Crippen LogP) is 7.84. The van der Waals surface area contributed by atoms with Gasteiger partial charge in [-0.3, -0.25) is 9.59 Å². The number of carbonyl (C=O) groups is 2. The molecule has 0 atom stereocenters. The third-order valence-corrected chi connectivity index (χ3v) is 8.71. The van der Waals surface area contributed by atoms with Gasteiger partial charge in [0, 0.05) is 50.4 Å². The van der Waals surface area contributed by atoms with Gasteiger partial charge in [-0.2, -0.15) is 0 Å². The van der Waals surface area contributed by atoms with Gasteiger partial charge >= 0.3 is 0 Å². The van der Waals surface area contributed by atoms with E-state index in [0.717, 1.165) is 55.6 Å². The van der Waals surface area contributed by atoms with Crippen LogP contribution < -0.4 is 0 Å². The normalized spacial score (nSPS) is 14.2. The summed E-state index contributed by atoms with van der Waals surface area (Å²) in [5.74, 6) is 0.799. The first-order chi connectivity index (χ1) is 20.8. The lowest BCUT2D eigenvalue weighted by molar-refractivity contribution is 0.0546. The van der Waals surface area contributed by atoms with Crippen LogP contribution in [0.3, 0.4) is 0 Å². The predicted molar refractivity (Wildman–Crippen MR) is 177 cm³/mol. The molecule has 0 aromatic heterocycles. The average Bonchev–Trinajstić information content (AvgIpc) is 3.03. The minimum Gasteiger partial charge on any atom is -0.337 e. The summed E-state index contributed by atoms with van der Waals surface area (Å²) in [6, 6.07) is 26.4. The summed E-state index contributed by atoms with van der Waals surface area (Å²) in [5, 5.41) is 0. The highest BCUT2D eigenvalue weighted by molar-refractivity contribution is 5.95. The molecule has 5 nitrogen and oxygen atoms in total. The van der Waals surface area contributed by atoms with Crippen LogP contribution in [0.25, 0.3) is 0 Å². The molecule has 1 aliphatic rings. The molecule has 0 N–H and O–H groups in total. The Balaban J connectivity index is 1.45. The van der Waals surface area contributed by atoms with Crippen LogP contribution in [0.2, 0.25) is 0 Å². The summed E-state index contributed by atoms with van der Waals surface area (Å²) in [5.41, 5.74) is 4.88. The van der Waals surface area contributed by atoms with Gasteiger partial charge in [0.1, 0.15) is 0 Å². The number of piperidine rings is 1. The quantitative estimate of drug-likeness (QED) is 0.182. The van der Waals surface area contributed by atoms with Crippen molar-refractivity contribution in [3.8, 4) is 0 Å². The average molecular weight is 582 g/mol. The zero-order chi connectivity index (χ0) is 30.6. The minimum atomic E-state index is -0.00358. The molecule has 4 rings (SSSR count). The summed E-state index contributed by atoms with van der Waals surface area (Å²) < 4.78 is 0. The third kappa shape index (κ3) is 9.79. The van der Waals surface area contributed by atoms with Gasteiger partial charge in [-0.1, -0.05) is 88.2 Å². The van der Waals surface area contributed by atoms with Crippen LogP contribution in [-0.4, -0.2) is 59.2 Å². The molecule has 1 heterocycles. The molecule has 0 unspecified atom stereocenters. The van der Waals surface area contributed by atoms with Gasteiger partial charge in [0.2, 0.25) is 0 Å². The van der Waals surface area contributed by atoms with Crippen molar-refractivity contribution in [2.24, 2.45) is 5.92 Å². The monoisotopic (exact) mass is 581 g/mol. The molecule has 3 aromatic rings. The molecule has 43 heavy (non-hydrogen) atoms. The van der Waals surface area contributed by atoms with Crippen LogP contribution in [0.15, 0.2) is 78.9 Å². The van der Waals surface area contributed by atoms with Gasteiger partial charge in [-0.05, 0) is 85.5 Å². The maximum Gasteiger partial charge on any atom is 0.254 e. The van der Waals surface area contributed by atoms with Gasteiger partial charge in [0.15, 0.2) is 0 Å². The lowest BCUT2D eigenvalue weighted by Gasteiger charge is -2.39. The van der Waals surface area contributed by atoms with Gasteiger partial charge in [0.25, 0.3) is 11.8 Å². The summed E-state index contributed by atoms with van der Waals surface area (Å²) >= 11 is 0. The Kier molecular flexibility index (Phi) is 12.4. The highest BCUT2D eigenvalue weighted by Gasteiger charge is 2.29. The van der Waals surface area contributed by atoms with Crippen molar-refractivity contribution in [1.82, 2.24) is 14.7 Å². The second-order valence-electron chi connectivity index (χ2n) is 12.7. The Morgan fingerprint density at radius 2 is 1.35 bits per heavy atom. The van der Waals surface area contributed by atoms with Crippen molar-refractivity contribution >= 4 is 11.8 Å². The van der Waals surface area contributed by atoms with E-state index in [2.05, 4.69) is 42.7 Å². The molecule has 0 saturated carbocycles. The molecule has 0 bridgehead atoms. The van der Waals surface area contributed by atoms with E-state index in [1.54, 1.807) is 4.90 Å². The second kappa shape index (κ2) is 16.4. The number of rotatable bonds is 14. The van der Waals surface area contributed by atoms with E-state index >= 15 is 0 Å².